The molecule has 112 valence electrons. The molecule has 0 bridgehead atoms. The van der Waals surface area contributed by atoms with Gasteiger partial charge >= 0.3 is 0 Å². The van der Waals surface area contributed by atoms with Gasteiger partial charge in [-0.3, -0.25) is 0 Å². The van der Waals surface area contributed by atoms with Crippen molar-refractivity contribution in [2.75, 3.05) is 33.0 Å². The summed E-state index contributed by atoms with van der Waals surface area (Å²) < 4.78 is 35.8. The van der Waals surface area contributed by atoms with Gasteiger partial charge in [-0.1, -0.05) is 13.8 Å². The molecule has 2 radical (unpaired) electrons. The molecule has 0 saturated carbocycles. The van der Waals surface area contributed by atoms with E-state index in [1.165, 1.54) is 6.92 Å². The van der Waals surface area contributed by atoms with E-state index in [9.17, 15) is 8.78 Å². The van der Waals surface area contributed by atoms with Crippen LogP contribution in [0.25, 0.3) is 0 Å². The van der Waals surface area contributed by atoms with Gasteiger partial charge in [-0.2, -0.15) is 0 Å². The zero-order chi connectivity index (χ0) is 14.7. The predicted molar refractivity (Wildman–Crippen MR) is 73.9 cm³/mol. The third-order valence-electron chi connectivity index (χ3n) is 2.72. The summed E-state index contributed by atoms with van der Waals surface area (Å²) in [6.45, 7) is 8.20. The van der Waals surface area contributed by atoms with Crippen molar-refractivity contribution in [2.45, 2.75) is 45.5 Å². The third-order valence-corrected chi connectivity index (χ3v) is 2.72. The number of hydrogen-bond acceptors (Lipinski definition) is 3. The molecule has 0 aliphatic rings. The Bertz CT molecular complexity index is 213. The fraction of sp³-hybridized carbons (Fsp3) is 1.00. The zero-order valence-electron chi connectivity index (χ0n) is 12.3. The molecule has 0 aromatic heterocycles. The van der Waals surface area contributed by atoms with Gasteiger partial charge in [0.25, 0.3) is 0 Å². The molecule has 1 N–H and O–H groups in total. The fourth-order valence-corrected chi connectivity index (χ4v) is 1.40. The van der Waals surface area contributed by atoms with Crippen molar-refractivity contribution in [3.05, 3.63) is 0 Å². The molecule has 6 heteroatoms. The molecule has 0 spiro atoms. The Labute approximate surface area is 116 Å². The second-order valence-corrected chi connectivity index (χ2v) is 5.11. The van der Waals surface area contributed by atoms with Crippen LogP contribution in [0, 0.1) is 5.92 Å². The van der Waals surface area contributed by atoms with Crippen molar-refractivity contribution >= 4 is 7.85 Å². The lowest BCUT2D eigenvalue weighted by molar-refractivity contribution is 0.0349. The molecule has 0 amide bonds. The van der Waals surface area contributed by atoms with Crippen LogP contribution in [0.1, 0.15) is 33.6 Å². The Hall–Kier alpha value is -0.195. The van der Waals surface area contributed by atoms with E-state index in [0.717, 1.165) is 19.4 Å². The SMILES string of the molecule is [B]C(F)(F)C(C)NCCOCCOCCCC(C)C. The first kappa shape index (κ1) is 18.8. The van der Waals surface area contributed by atoms with Gasteiger partial charge in [0.15, 0.2) is 7.85 Å². The largest absolute Gasteiger partial charge is 0.379 e. The van der Waals surface area contributed by atoms with E-state index >= 15 is 0 Å². The highest BCUT2D eigenvalue weighted by molar-refractivity contribution is 6.13. The predicted octanol–water partition coefficient (Wildman–Crippen LogP) is 2.20. The molecule has 3 nitrogen and oxygen atoms in total. The topological polar surface area (TPSA) is 30.5 Å². The molecule has 0 aromatic rings. The Kier molecular flexibility index (Phi) is 10.5. The normalized spacial score (nSPS) is 14.0. The molecular formula is C13H26BF2NO2. The summed E-state index contributed by atoms with van der Waals surface area (Å²) in [5, 5.41) is 2.61. The molecule has 0 aliphatic carbocycles. The van der Waals surface area contributed by atoms with Crippen LogP contribution in [0.2, 0.25) is 0 Å². The molecule has 0 heterocycles. The lowest BCUT2D eigenvalue weighted by atomic mass is 9.92. The van der Waals surface area contributed by atoms with Gasteiger partial charge in [-0.25, -0.2) is 8.78 Å². The quantitative estimate of drug-likeness (QED) is 0.438. The van der Waals surface area contributed by atoms with Crippen LogP contribution >= 0.6 is 0 Å². The molecule has 0 aromatic carbocycles. The number of rotatable bonds is 12. The van der Waals surface area contributed by atoms with E-state index < -0.39 is 11.9 Å². The van der Waals surface area contributed by atoms with Crippen LogP contribution < -0.4 is 5.32 Å². The Morgan fingerprint density at radius 2 is 1.63 bits per heavy atom. The lowest BCUT2D eigenvalue weighted by Gasteiger charge is -2.21. The van der Waals surface area contributed by atoms with Crippen molar-refractivity contribution in [2.24, 2.45) is 5.92 Å². The maximum Gasteiger partial charge on any atom is 0.214 e. The monoisotopic (exact) mass is 277 g/mol. The minimum absolute atomic E-state index is 0.349. The van der Waals surface area contributed by atoms with Crippen molar-refractivity contribution in [3.8, 4) is 0 Å². The van der Waals surface area contributed by atoms with E-state index in [1.54, 1.807) is 0 Å². The van der Waals surface area contributed by atoms with E-state index in [2.05, 4.69) is 27.0 Å². The van der Waals surface area contributed by atoms with Gasteiger partial charge in [0.1, 0.15) is 0 Å². The summed E-state index contributed by atoms with van der Waals surface area (Å²) in [5.41, 5.74) is 0. The fourth-order valence-electron chi connectivity index (χ4n) is 1.40. The molecule has 0 fully saturated rings. The molecule has 1 atom stereocenters. The lowest BCUT2D eigenvalue weighted by Crippen LogP contribution is -2.44. The van der Waals surface area contributed by atoms with E-state index in [4.69, 9.17) is 9.47 Å². The summed E-state index contributed by atoms with van der Waals surface area (Å²) in [7, 11) is 4.65. The van der Waals surface area contributed by atoms with Crippen LogP contribution in [0.3, 0.4) is 0 Å². The molecule has 1 unspecified atom stereocenters. The summed E-state index contributed by atoms with van der Waals surface area (Å²) in [6, 6.07) is -1.05. The highest BCUT2D eigenvalue weighted by Crippen LogP contribution is 2.12. The van der Waals surface area contributed by atoms with Crippen LogP contribution in [-0.4, -0.2) is 52.7 Å². The average Bonchev–Trinajstić information content (AvgIpc) is 2.29. The van der Waals surface area contributed by atoms with Crippen LogP contribution in [0.15, 0.2) is 0 Å². The third kappa shape index (κ3) is 12.6. The van der Waals surface area contributed by atoms with Gasteiger partial charge < -0.3 is 14.8 Å². The number of hydrogen-bond donors (Lipinski definition) is 1. The van der Waals surface area contributed by atoms with Crippen molar-refractivity contribution in [3.63, 3.8) is 0 Å². The Balaban J connectivity index is 3.19. The van der Waals surface area contributed by atoms with Crippen LogP contribution in [0.4, 0.5) is 8.78 Å². The molecule has 0 aliphatic heterocycles. The van der Waals surface area contributed by atoms with Crippen LogP contribution in [-0.2, 0) is 9.47 Å². The zero-order valence-corrected chi connectivity index (χ0v) is 12.3. The molecular weight excluding hydrogens is 251 g/mol. The van der Waals surface area contributed by atoms with Crippen LogP contribution in [0.5, 0.6) is 0 Å². The highest BCUT2D eigenvalue weighted by Gasteiger charge is 2.28. The van der Waals surface area contributed by atoms with Gasteiger partial charge in [-0.15, -0.1) is 0 Å². The van der Waals surface area contributed by atoms with Crippen molar-refractivity contribution < 1.29 is 18.3 Å². The Morgan fingerprint density at radius 3 is 2.16 bits per heavy atom. The first-order chi connectivity index (χ1) is 8.84. The van der Waals surface area contributed by atoms with E-state index in [-0.39, 0.29) is 0 Å². The summed E-state index contributed by atoms with van der Waals surface area (Å²) in [4.78, 5) is 0. The second-order valence-electron chi connectivity index (χ2n) is 5.11. The van der Waals surface area contributed by atoms with Gasteiger partial charge in [0.2, 0.25) is 5.82 Å². The molecule has 19 heavy (non-hydrogen) atoms. The van der Waals surface area contributed by atoms with Gasteiger partial charge in [-0.05, 0) is 25.7 Å². The van der Waals surface area contributed by atoms with Gasteiger partial charge in [0.05, 0.1) is 25.9 Å². The first-order valence-electron chi connectivity index (χ1n) is 6.89. The highest BCUT2D eigenvalue weighted by atomic mass is 19.3. The minimum atomic E-state index is -3.19. The maximum absolute atomic E-state index is 12.6. The molecule has 0 rings (SSSR count). The number of ether oxygens (including phenoxy) is 2. The Morgan fingerprint density at radius 1 is 1.05 bits per heavy atom. The summed E-state index contributed by atoms with van der Waals surface area (Å²) in [5.74, 6) is -2.49. The summed E-state index contributed by atoms with van der Waals surface area (Å²) in [6.07, 6.45) is 2.22. The van der Waals surface area contributed by atoms with Crippen molar-refractivity contribution in [1.82, 2.24) is 5.32 Å². The van der Waals surface area contributed by atoms with E-state index in [1.807, 2.05) is 0 Å². The molecule has 0 saturated heterocycles. The standard InChI is InChI=1S/C13H26BF2NO2/c1-11(2)5-4-7-18-9-10-19-8-6-17-12(3)13(14,15)16/h11-12,17H,4-10H2,1-3H3. The number of alkyl halides is 2. The average molecular weight is 277 g/mol. The minimum Gasteiger partial charge on any atom is -0.379 e. The maximum atomic E-state index is 12.6. The second kappa shape index (κ2) is 10.6. The smallest absolute Gasteiger partial charge is 0.214 e. The summed E-state index contributed by atoms with van der Waals surface area (Å²) >= 11 is 0. The number of nitrogens with one attached hydrogen (secondary N) is 1. The van der Waals surface area contributed by atoms with Crippen molar-refractivity contribution in [1.29, 1.82) is 0 Å². The van der Waals surface area contributed by atoms with E-state index in [0.29, 0.717) is 32.3 Å². The first-order valence-corrected chi connectivity index (χ1v) is 6.89. The number of halogens is 2. The van der Waals surface area contributed by atoms with Gasteiger partial charge in [0, 0.05) is 13.2 Å².